The zero-order valence-electron chi connectivity index (χ0n) is 18.2. The first kappa shape index (κ1) is 20.2. The summed E-state index contributed by atoms with van der Waals surface area (Å²) in [7, 11) is 0. The highest BCUT2D eigenvalue weighted by Gasteiger charge is 2.14. The normalized spacial score (nSPS) is 13.5. The summed E-state index contributed by atoms with van der Waals surface area (Å²) in [6, 6.07) is 6.28. The number of fused-ring (bicyclic) bond motifs is 1. The van der Waals surface area contributed by atoms with Crippen molar-refractivity contribution < 1.29 is 0 Å². The molecule has 1 saturated heterocycles. The maximum Gasteiger partial charge on any atom is 0.137 e. The smallest absolute Gasteiger partial charge is 0.137 e. The van der Waals surface area contributed by atoms with Crippen LogP contribution in [0.15, 0.2) is 49.2 Å². The lowest BCUT2D eigenvalue weighted by molar-refractivity contribution is 0.641. The molecule has 1 N–H and O–H groups in total. The highest BCUT2D eigenvalue weighted by molar-refractivity contribution is 5.63. The second kappa shape index (κ2) is 9.20. The average Bonchev–Trinajstić information content (AvgIpc) is 3.57. The highest BCUT2D eigenvalue weighted by atomic mass is 15.4. The van der Waals surface area contributed by atoms with Crippen molar-refractivity contribution in [2.75, 3.05) is 24.5 Å². The quantitative estimate of drug-likeness (QED) is 0.362. The van der Waals surface area contributed by atoms with Crippen molar-refractivity contribution in [3.05, 3.63) is 60.4 Å². The van der Waals surface area contributed by atoms with Crippen LogP contribution in [0.25, 0.3) is 16.9 Å². The van der Waals surface area contributed by atoms with E-state index in [4.69, 9.17) is 4.98 Å². The molecule has 162 valence electrons. The van der Waals surface area contributed by atoms with Gasteiger partial charge in [-0.2, -0.15) is 0 Å². The lowest BCUT2D eigenvalue weighted by Gasteiger charge is -2.17. The number of nitrogens with one attached hydrogen (secondary N) is 1. The van der Waals surface area contributed by atoms with Gasteiger partial charge in [0.2, 0.25) is 0 Å². The third-order valence-electron chi connectivity index (χ3n) is 5.63. The first-order valence-corrected chi connectivity index (χ1v) is 11.0. The lowest BCUT2D eigenvalue weighted by Crippen LogP contribution is -2.17. The van der Waals surface area contributed by atoms with E-state index in [0.29, 0.717) is 13.1 Å². The maximum absolute atomic E-state index is 4.72. The Bertz CT molecular complexity index is 1270. The van der Waals surface area contributed by atoms with E-state index in [0.717, 1.165) is 47.9 Å². The van der Waals surface area contributed by atoms with Crippen molar-refractivity contribution in [3.63, 3.8) is 0 Å². The fourth-order valence-corrected chi connectivity index (χ4v) is 4.02. The predicted octanol–water partition coefficient (Wildman–Crippen LogP) is 2.75. The largest absolute Gasteiger partial charge is 0.370 e. The third-order valence-corrected chi connectivity index (χ3v) is 5.63. The van der Waals surface area contributed by atoms with Crippen molar-refractivity contribution in [3.8, 4) is 23.1 Å². The van der Waals surface area contributed by atoms with E-state index in [9.17, 15) is 0 Å². The van der Waals surface area contributed by atoms with Crippen LogP contribution in [0.2, 0.25) is 0 Å². The van der Waals surface area contributed by atoms with E-state index in [1.807, 2.05) is 42.5 Å². The summed E-state index contributed by atoms with van der Waals surface area (Å²) in [6.45, 7) is 6.06. The van der Waals surface area contributed by atoms with Gasteiger partial charge in [-0.25, -0.2) is 9.67 Å². The molecule has 0 saturated carbocycles. The van der Waals surface area contributed by atoms with E-state index in [-0.39, 0.29) is 0 Å². The molecule has 0 spiro atoms. The molecule has 0 unspecified atom stereocenters. The number of hydrogen-bond donors (Lipinski definition) is 1. The molecule has 0 aliphatic carbocycles. The molecule has 0 bridgehead atoms. The number of imidazole rings is 1. The van der Waals surface area contributed by atoms with Gasteiger partial charge in [0.15, 0.2) is 0 Å². The molecular weight excluding hydrogens is 400 g/mol. The van der Waals surface area contributed by atoms with E-state index in [1.165, 1.54) is 18.4 Å². The molecule has 5 heterocycles. The summed E-state index contributed by atoms with van der Waals surface area (Å²) in [6.07, 6.45) is 12.4. The maximum atomic E-state index is 4.72. The van der Waals surface area contributed by atoms with Crippen molar-refractivity contribution in [1.29, 1.82) is 0 Å². The van der Waals surface area contributed by atoms with Crippen LogP contribution in [0.3, 0.4) is 0 Å². The number of hydrogen-bond acceptors (Lipinski definition) is 6. The molecule has 1 aliphatic rings. The summed E-state index contributed by atoms with van der Waals surface area (Å²) >= 11 is 0. The fourth-order valence-electron chi connectivity index (χ4n) is 4.02. The summed E-state index contributed by atoms with van der Waals surface area (Å²) < 4.78 is 3.88. The minimum absolute atomic E-state index is 0.563. The Morgan fingerprint density at radius 1 is 1.09 bits per heavy atom. The molecule has 8 nitrogen and oxygen atoms in total. The zero-order chi connectivity index (χ0) is 21.8. The second-order valence-corrected chi connectivity index (χ2v) is 7.99. The first-order valence-electron chi connectivity index (χ1n) is 11.0. The summed E-state index contributed by atoms with van der Waals surface area (Å²) in [5, 5.41) is 12.0. The van der Waals surface area contributed by atoms with Gasteiger partial charge in [-0.1, -0.05) is 17.2 Å². The number of pyridine rings is 2. The Hall–Kier alpha value is -3.70. The Morgan fingerprint density at radius 3 is 2.88 bits per heavy atom. The standard InChI is InChI=1S/C24H26N8/c1-2-3-8-25-12-19-6-7-24-27-21(16-31(24)15-19)17-32-18-23(28-29-32)20-11-22(14-26-13-20)30-9-4-5-10-30/h6-7,11,13-16,18,25H,4-5,8-10,12,17H2,1H3. The molecular formula is C24H26N8. The molecule has 4 aromatic heterocycles. The molecule has 0 amide bonds. The molecule has 0 atom stereocenters. The van der Waals surface area contributed by atoms with E-state index >= 15 is 0 Å². The molecule has 0 aromatic carbocycles. The van der Waals surface area contributed by atoms with Gasteiger partial charge >= 0.3 is 0 Å². The molecule has 32 heavy (non-hydrogen) atoms. The topological polar surface area (TPSA) is 76.2 Å². The summed E-state index contributed by atoms with van der Waals surface area (Å²) in [4.78, 5) is 11.5. The van der Waals surface area contributed by atoms with Crippen LogP contribution in [0.5, 0.6) is 0 Å². The highest BCUT2D eigenvalue weighted by Crippen LogP contribution is 2.24. The predicted molar refractivity (Wildman–Crippen MR) is 124 cm³/mol. The molecule has 1 fully saturated rings. The van der Waals surface area contributed by atoms with Gasteiger partial charge < -0.3 is 14.6 Å². The summed E-state index contributed by atoms with van der Waals surface area (Å²) in [5.41, 5.74) is 6.01. The first-order chi connectivity index (χ1) is 15.8. The van der Waals surface area contributed by atoms with Gasteiger partial charge in [-0.15, -0.1) is 11.0 Å². The van der Waals surface area contributed by atoms with Crippen molar-refractivity contribution in [2.45, 2.75) is 32.9 Å². The third kappa shape index (κ3) is 4.48. The number of rotatable bonds is 7. The molecule has 8 heteroatoms. The monoisotopic (exact) mass is 426 g/mol. The Balaban J connectivity index is 1.28. The Morgan fingerprint density at radius 2 is 2.00 bits per heavy atom. The van der Waals surface area contributed by atoms with Gasteiger partial charge in [-0.3, -0.25) is 4.98 Å². The van der Waals surface area contributed by atoms with Crippen LogP contribution in [0, 0.1) is 11.8 Å². The number of aromatic nitrogens is 6. The van der Waals surface area contributed by atoms with E-state index in [2.05, 4.69) is 60.1 Å². The number of anilines is 1. The zero-order valence-corrected chi connectivity index (χ0v) is 18.2. The van der Waals surface area contributed by atoms with E-state index in [1.54, 1.807) is 0 Å². The van der Waals surface area contributed by atoms with Crippen LogP contribution in [-0.4, -0.2) is 49.0 Å². The van der Waals surface area contributed by atoms with E-state index < -0.39 is 0 Å². The van der Waals surface area contributed by atoms with Crippen LogP contribution < -0.4 is 10.2 Å². The van der Waals surface area contributed by atoms with Gasteiger partial charge in [0, 0.05) is 43.8 Å². The fraction of sp³-hybridized carbons (Fsp3) is 0.333. The van der Waals surface area contributed by atoms with Gasteiger partial charge in [0.05, 0.1) is 36.9 Å². The minimum atomic E-state index is 0.563. The summed E-state index contributed by atoms with van der Waals surface area (Å²) in [5.74, 6) is 5.91. The minimum Gasteiger partial charge on any atom is -0.370 e. The van der Waals surface area contributed by atoms with Crippen LogP contribution in [0.1, 0.15) is 31.0 Å². The van der Waals surface area contributed by atoms with Crippen molar-refractivity contribution in [1.82, 2.24) is 34.7 Å². The number of nitrogens with zero attached hydrogens (tertiary/aromatic N) is 7. The van der Waals surface area contributed by atoms with Gasteiger partial charge in [0.25, 0.3) is 0 Å². The lowest BCUT2D eigenvalue weighted by atomic mass is 10.2. The molecule has 4 aromatic rings. The second-order valence-electron chi connectivity index (χ2n) is 7.99. The van der Waals surface area contributed by atoms with Crippen LogP contribution in [-0.2, 0) is 13.1 Å². The SMILES string of the molecule is CC#CCNCc1ccc2nc(Cn3cc(-c4cncc(N5CCCC5)c4)nn3)cn2c1. The average molecular weight is 427 g/mol. The van der Waals surface area contributed by atoms with Crippen LogP contribution >= 0.6 is 0 Å². The molecule has 0 radical (unpaired) electrons. The molecule has 5 rings (SSSR count). The molecule has 1 aliphatic heterocycles. The Labute approximate surface area is 187 Å². The van der Waals surface area contributed by atoms with Crippen LogP contribution in [0.4, 0.5) is 5.69 Å². The van der Waals surface area contributed by atoms with Crippen molar-refractivity contribution >= 4 is 11.3 Å². The van der Waals surface area contributed by atoms with Gasteiger partial charge in [0.1, 0.15) is 11.3 Å². The van der Waals surface area contributed by atoms with Crippen molar-refractivity contribution in [2.24, 2.45) is 0 Å². The van der Waals surface area contributed by atoms with Gasteiger partial charge in [-0.05, 0) is 37.5 Å². The Kier molecular flexibility index (Phi) is 5.81.